The zero-order chi connectivity index (χ0) is 31.8. The number of anilines is 3. The van der Waals surface area contributed by atoms with Crippen LogP contribution in [0.2, 0.25) is 0 Å². The van der Waals surface area contributed by atoms with Crippen molar-refractivity contribution in [3.63, 3.8) is 0 Å². The van der Waals surface area contributed by atoms with Crippen molar-refractivity contribution in [2.75, 3.05) is 76.4 Å². The molecule has 3 aromatic rings. The summed E-state index contributed by atoms with van der Waals surface area (Å²) in [5.41, 5.74) is 2.80. The molecule has 0 unspecified atom stereocenters. The predicted octanol–water partition coefficient (Wildman–Crippen LogP) is 1.59. The molecule has 14 heteroatoms. The molecule has 1 aromatic heterocycles. The minimum absolute atomic E-state index is 0.166. The molecular formula is C31H37FN8O5. The highest BCUT2D eigenvalue weighted by atomic mass is 19.1. The lowest BCUT2D eigenvalue weighted by atomic mass is 10.0. The number of amides is 1. The number of rotatable bonds is 8. The molecule has 13 nitrogen and oxygen atoms in total. The van der Waals surface area contributed by atoms with Gasteiger partial charge in [-0.25, -0.2) is 14.4 Å². The van der Waals surface area contributed by atoms with E-state index in [1.54, 1.807) is 18.2 Å². The average molecular weight is 621 g/mol. The van der Waals surface area contributed by atoms with Crippen LogP contribution in [0.5, 0.6) is 5.75 Å². The Balaban J connectivity index is 0.00000196. The molecule has 6 rings (SSSR count). The molecule has 3 saturated heterocycles. The Morgan fingerprint density at radius 2 is 1.87 bits per heavy atom. The van der Waals surface area contributed by atoms with E-state index in [0.717, 1.165) is 52.2 Å². The van der Waals surface area contributed by atoms with Crippen molar-refractivity contribution < 1.29 is 28.9 Å². The molecule has 0 aliphatic carbocycles. The molecule has 3 aliphatic rings. The minimum atomic E-state index is -1.44. The summed E-state index contributed by atoms with van der Waals surface area (Å²) in [6.07, 6.45) is -0.612. The van der Waals surface area contributed by atoms with Gasteiger partial charge >= 0.3 is 0 Å². The molecule has 45 heavy (non-hydrogen) atoms. The Morgan fingerprint density at radius 1 is 1.11 bits per heavy atom. The van der Waals surface area contributed by atoms with Gasteiger partial charge < -0.3 is 34.8 Å². The molecule has 2 atom stereocenters. The van der Waals surface area contributed by atoms with Gasteiger partial charge in [0.1, 0.15) is 30.9 Å². The number of likely N-dealkylation sites (tertiary alicyclic amines) is 1. The largest absolute Gasteiger partial charge is 0.486 e. The molecular weight excluding hydrogens is 583 g/mol. The molecule has 238 valence electrons. The van der Waals surface area contributed by atoms with Crippen molar-refractivity contribution in [1.82, 2.24) is 24.8 Å². The fourth-order valence-corrected chi connectivity index (χ4v) is 5.52. The zero-order valence-electron chi connectivity index (χ0n) is 25.0. The molecule has 0 bridgehead atoms. The molecule has 4 heterocycles. The summed E-state index contributed by atoms with van der Waals surface area (Å²) in [6.45, 7) is 5.16. The number of carbonyl (C=O) groups excluding carboxylic acids is 1. The number of halogens is 1. The lowest BCUT2D eigenvalue weighted by Gasteiger charge is -2.43. The molecule has 3 aliphatic heterocycles. The monoisotopic (exact) mass is 620 g/mol. The molecule has 3 N–H and O–H groups in total. The van der Waals surface area contributed by atoms with Gasteiger partial charge in [-0.05, 0) is 42.5 Å². The Kier molecular flexibility index (Phi) is 10.7. The van der Waals surface area contributed by atoms with Gasteiger partial charge in [0.25, 0.3) is 0 Å². The van der Waals surface area contributed by atoms with Crippen molar-refractivity contribution >= 4 is 23.2 Å². The topological polar surface area (TPSA) is 160 Å². The molecule has 0 saturated carbocycles. The van der Waals surface area contributed by atoms with Crippen LogP contribution in [0.25, 0.3) is 11.4 Å². The number of piperazine rings is 1. The van der Waals surface area contributed by atoms with E-state index in [2.05, 4.69) is 48.3 Å². The van der Waals surface area contributed by atoms with Gasteiger partial charge in [0.15, 0.2) is 12.0 Å². The Morgan fingerprint density at radius 3 is 2.51 bits per heavy atom. The number of hydrogen-bond donors (Lipinski definition) is 3. The Hall–Kier alpha value is -4.42. The summed E-state index contributed by atoms with van der Waals surface area (Å²) >= 11 is 0. The van der Waals surface area contributed by atoms with E-state index in [4.69, 9.17) is 19.7 Å². The number of piperidine rings is 1. The van der Waals surface area contributed by atoms with E-state index in [0.29, 0.717) is 23.4 Å². The maximum atomic E-state index is 14.7. The summed E-state index contributed by atoms with van der Waals surface area (Å²) < 4.78 is 25.9. The van der Waals surface area contributed by atoms with Gasteiger partial charge in [-0.15, -0.1) is 0 Å². The summed E-state index contributed by atoms with van der Waals surface area (Å²) in [6, 6.07) is 15.7. The van der Waals surface area contributed by atoms with E-state index in [1.807, 2.05) is 12.1 Å². The van der Waals surface area contributed by atoms with Gasteiger partial charge in [-0.1, -0.05) is 0 Å². The van der Waals surface area contributed by atoms with Crippen molar-refractivity contribution in [2.24, 2.45) is 0 Å². The van der Waals surface area contributed by atoms with E-state index < -0.39 is 24.8 Å². The number of aromatic nitrogens is 3. The van der Waals surface area contributed by atoms with Crippen molar-refractivity contribution in [3.05, 3.63) is 54.4 Å². The lowest BCUT2D eigenvalue weighted by molar-refractivity contribution is -0.138. The first-order valence-corrected chi connectivity index (χ1v) is 14.8. The number of carbonyl (C=O) groups is 1. The second-order valence-electron chi connectivity index (χ2n) is 10.8. The fourth-order valence-electron chi connectivity index (χ4n) is 5.52. The third kappa shape index (κ3) is 7.63. The summed E-state index contributed by atoms with van der Waals surface area (Å²) in [4.78, 5) is 30.9. The third-order valence-electron chi connectivity index (χ3n) is 8.12. The van der Waals surface area contributed by atoms with Crippen LogP contribution in [0.15, 0.2) is 48.8 Å². The molecule has 1 amide bonds. The number of nitrogens with one attached hydrogen (secondary N) is 1. The second-order valence-corrected chi connectivity index (χ2v) is 10.8. The van der Waals surface area contributed by atoms with E-state index in [-0.39, 0.29) is 30.8 Å². The number of hydrogen-bond acceptors (Lipinski definition) is 12. The van der Waals surface area contributed by atoms with Crippen LogP contribution in [0.4, 0.5) is 21.7 Å². The molecule has 0 spiro atoms. The summed E-state index contributed by atoms with van der Waals surface area (Å²) in [7, 11) is 1.00. The number of ether oxygens (including phenoxy) is 2. The number of nitriles is 1. The minimum Gasteiger partial charge on any atom is -0.486 e. The van der Waals surface area contributed by atoms with Crippen molar-refractivity contribution in [2.45, 2.75) is 24.7 Å². The SMILES string of the molecule is CO.N#Cc1cc(-c2ncnc(Nc3ccc(N4CCN(C5COC5)CC4)cc3)n2)ccc1O[C@H]1CCN(C(=O)CO)C[C@H]1F. The van der Waals surface area contributed by atoms with Gasteiger partial charge in [0.2, 0.25) is 11.9 Å². The number of benzene rings is 2. The first-order chi connectivity index (χ1) is 22.0. The first-order valence-electron chi connectivity index (χ1n) is 14.8. The Labute approximate surface area is 260 Å². The highest BCUT2D eigenvalue weighted by molar-refractivity contribution is 5.77. The molecule has 2 aromatic carbocycles. The van der Waals surface area contributed by atoms with Gasteiger partial charge in [-0.3, -0.25) is 9.69 Å². The van der Waals surface area contributed by atoms with Crippen LogP contribution >= 0.6 is 0 Å². The quantitative estimate of drug-likeness (QED) is 0.334. The van der Waals surface area contributed by atoms with Crippen molar-refractivity contribution in [3.8, 4) is 23.2 Å². The van der Waals surface area contributed by atoms with Crippen LogP contribution in [0.1, 0.15) is 12.0 Å². The number of nitrogens with zero attached hydrogens (tertiary/aromatic N) is 7. The maximum Gasteiger partial charge on any atom is 0.248 e. The van der Waals surface area contributed by atoms with Crippen molar-refractivity contribution in [1.29, 1.82) is 5.26 Å². The molecule has 0 radical (unpaired) electrons. The summed E-state index contributed by atoms with van der Waals surface area (Å²) in [5, 5.41) is 29.0. The highest BCUT2D eigenvalue weighted by Gasteiger charge is 2.33. The van der Waals surface area contributed by atoms with Crippen LogP contribution in [-0.4, -0.2) is 125 Å². The average Bonchev–Trinajstić information content (AvgIpc) is 3.06. The standard InChI is InChI=1S/C30H33FN8O4.CH4O/c31-25-15-39(28(41)16-40)8-7-27(25)43-26-6-1-20(13-21(26)14-32)29-33-19-34-30(36-29)35-22-2-4-23(5-3-22)37-9-11-38(12-10-37)24-17-42-18-24;1-2/h1-6,13,19,24-25,27,40H,7-12,15-18H2,(H,33,34,35,36);2H,1H3/t25-,27+;/m1./s1. The number of aliphatic hydroxyl groups excluding tert-OH is 2. The van der Waals surface area contributed by atoms with E-state index >= 15 is 0 Å². The highest BCUT2D eigenvalue weighted by Crippen LogP contribution is 2.29. The van der Waals surface area contributed by atoms with E-state index in [9.17, 15) is 14.4 Å². The first kappa shape index (κ1) is 32.0. The number of aliphatic hydroxyl groups is 2. The molecule has 3 fully saturated rings. The smallest absolute Gasteiger partial charge is 0.248 e. The zero-order valence-corrected chi connectivity index (χ0v) is 25.0. The second kappa shape index (κ2) is 15.0. The third-order valence-corrected chi connectivity index (χ3v) is 8.12. The van der Waals surface area contributed by atoms with Crippen LogP contribution in [0.3, 0.4) is 0 Å². The Bertz CT molecular complexity index is 1480. The number of alkyl halides is 1. The van der Waals surface area contributed by atoms with Gasteiger partial charge in [0, 0.05) is 63.2 Å². The van der Waals surface area contributed by atoms with Gasteiger partial charge in [-0.2, -0.15) is 10.2 Å². The summed E-state index contributed by atoms with van der Waals surface area (Å²) in [5.74, 6) is 0.450. The normalized spacial score (nSPS) is 20.3. The van der Waals surface area contributed by atoms with E-state index in [1.165, 1.54) is 16.9 Å². The maximum absolute atomic E-state index is 14.7. The van der Waals surface area contributed by atoms with Crippen LogP contribution in [-0.2, 0) is 9.53 Å². The van der Waals surface area contributed by atoms with Crippen LogP contribution < -0.4 is 15.0 Å². The fraction of sp³-hybridized carbons (Fsp3) is 0.452. The lowest BCUT2D eigenvalue weighted by Crippen LogP contribution is -2.56. The van der Waals surface area contributed by atoms with Crippen LogP contribution in [0, 0.1) is 11.3 Å². The predicted molar refractivity (Wildman–Crippen MR) is 164 cm³/mol. The van der Waals surface area contributed by atoms with Gasteiger partial charge in [0.05, 0.1) is 31.4 Å².